The van der Waals surface area contributed by atoms with E-state index in [9.17, 15) is 0 Å². The molecule has 3 aromatic rings. The van der Waals surface area contributed by atoms with Crippen molar-refractivity contribution in [2.45, 2.75) is 85.7 Å². The Balaban J connectivity index is 1.24. The third-order valence-electron chi connectivity index (χ3n) is 9.13. The van der Waals surface area contributed by atoms with Gasteiger partial charge < -0.3 is 9.47 Å². The Morgan fingerprint density at radius 3 is 2.30 bits per heavy atom. The number of hydrogen-bond donors (Lipinski definition) is 0. The first-order valence-corrected chi connectivity index (χ1v) is 16.5. The average Bonchev–Trinajstić information content (AvgIpc) is 2.98. The number of hydrogen-bond acceptors (Lipinski definition) is 4. The van der Waals surface area contributed by atoms with Gasteiger partial charge in [-0.2, -0.15) is 0 Å². The molecule has 5 heteroatoms. The second-order valence-corrected chi connectivity index (χ2v) is 13.1. The quantitative estimate of drug-likeness (QED) is 0.232. The van der Waals surface area contributed by atoms with Crippen molar-refractivity contribution in [2.24, 2.45) is 0 Å². The Morgan fingerprint density at radius 2 is 1.56 bits per heavy atom. The maximum absolute atomic E-state index is 6.74. The van der Waals surface area contributed by atoms with E-state index in [1.165, 1.54) is 76.9 Å². The van der Waals surface area contributed by atoms with Gasteiger partial charge in [0.2, 0.25) is 0 Å². The van der Waals surface area contributed by atoms with Crippen molar-refractivity contribution < 1.29 is 9.47 Å². The Morgan fingerprint density at radius 1 is 0.860 bits per heavy atom. The first-order valence-electron chi connectivity index (χ1n) is 16.2. The normalized spacial score (nSPS) is 20.1. The summed E-state index contributed by atoms with van der Waals surface area (Å²) in [6.07, 6.45) is 10.2. The van der Waals surface area contributed by atoms with Crippen LogP contribution in [0.5, 0.6) is 5.75 Å². The second kappa shape index (κ2) is 14.9. The molecule has 2 heterocycles. The van der Waals surface area contributed by atoms with Crippen LogP contribution in [0.15, 0.2) is 54.6 Å². The fraction of sp³-hybridized carbons (Fsp3) is 0.474. The molecule has 5 rings (SSSR count). The van der Waals surface area contributed by atoms with E-state index in [1.807, 2.05) is 0 Å². The number of rotatable bonds is 10. The van der Waals surface area contributed by atoms with Gasteiger partial charge in [0.1, 0.15) is 12.4 Å². The number of benzene rings is 3. The Labute approximate surface area is 264 Å². The summed E-state index contributed by atoms with van der Waals surface area (Å²) in [6, 6.07) is 17.4. The number of piperidine rings is 1. The first kappa shape index (κ1) is 31.8. The van der Waals surface area contributed by atoms with Crippen molar-refractivity contribution >= 4 is 17.7 Å². The van der Waals surface area contributed by atoms with Crippen LogP contribution in [0.25, 0.3) is 17.2 Å². The Kier molecular flexibility index (Phi) is 11.0. The predicted octanol–water partition coefficient (Wildman–Crippen LogP) is 9.01. The van der Waals surface area contributed by atoms with E-state index >= 15 is 0 Å². The molecule has 0 bridgehead atoms. The first-order chi connectivity index (χ1) is 20.8. The van der Waals surface area contributed by atoms with E-state index in [4.69, 9.17) is 21.1 Å². The van der Waals surface area contributed by atoms with Crippen LogP contribution in [0.2, 0.25) is 5.02 Å². The van der Waals surface area contributed by atoms with Gasteiger partial charge in [-0.25, -0.2) is 0 Å². The van der Waals surface area contributed by atoms with E-state index in [0.29, 0.717) is 23.8 Å². The minimum Gasteiger partial charge on any atom is -0.487 e. The topological polar surface area (TPSA) is 24.9 Å². The maximum atomic E-state index is 6.74. The molecule has 2 aliphatic heterocycles. The van der Waals surface area contributed by atoms with E-state index in [0.717, 1.165) is 38.3 Å². The average molecular weight is 601 g/mol. The van der Waals surface area contributed by atoms with E-state index in [1.54, 1.807) is 0 Å². The van der Waals surface area contributed by atoms with E-state index in [-0.39, 0.29) is 0 Å². The molecule has 2 atom stereocenters. The summed E-state index contributed by atoms with van der Waals surface area (Å²) in [5.74, 6) is 0.760. The fourth-order valence-corrected chi connectivity index (χ4v) is 6.92. The lowest BCUT2D eigenvalue weighted by Gasteiger charge is -2.35. The van der Waals surface area contributed by atoms with Crippen LogP contribution in [-0.4, -0.2) is 54.7 Å². The van der Waals surface area contributed by atoms with Crippen molar-refractivity contribution in [3.63, 3.8) is 0 Å². The van der Waals surface area contributed by atoms with Gasteiger partial charge in [-0.1, -0.05) is 66.6 Å². The highest BCUT2D eigenvalue weighted by Gasteiger charge is 2.21. The zero-order valence-corrected chi connectivity index (χ0v) is 27.6. The summed E-state index contributed by atoms with van der Waals surface area (Å²) in [5.41, 5.74) is 10.1. The molecule has 0 saturated carbocycles. The number of morpholine rings is 1. The largest absolute Gasteiger partial charge is 0.487 e. The molecule has 0 amide bonds. The van der Waals surface area contributed by atoms with E-state index in [2.05, 4.69) is 105 Å². The molecule has 3 aromatic carbocycles. The van der Waals surface area contributed by atoms with Crippen LogP contribution in [-0.2, 0) is 17.9 Å². The molecular weight excluding hydrogens is 552 g/mol. The van der Waals surface area contributed by atoms with Gasteiger partial charge in [-0.05, 0) is 124 Å². The smallest absolute Gasteiger partial charge is 0.138 e. The highest BCUT2D eigenvalue weighted by Crippen LogP contribution is 2.33. The molecule has 0 radical (unpaired) electrons. The Bertz CT molecular complexity index is 1400. The fourth-order valence-electron chi connectivity index (χ4n) is 6.68. The molecule has 2 unspecified atom stereocenters. The van der Waals surface area contributed by atoms with Crippen molar-refractivity contribution in [1.82, 2.24) is 9.80 Å². The van der Waals surface area contributed by atoms with Gasteiger partial charge in [0.15, 0.2) is 0 Å². The molecule has 0 aromatic heterocycles. The summed E-state index contributed by atoms with van der Waals surface area (Å²) in [7, 11) is 0. The summed E-state index contributed by atoms with van der Waals surface area (Å²) in [4.78, 5) is 5.05. The second-order valence-electron chi connectivity index (χ2n) is 12.7. The molecule has 2 fully saturated rings. The van der Waals surface area contributed by atoms with Crippen molar-refractivity contribution in [1.29, 1.82) is 0 Å². The molecule has 0 aliphatic carbocycles. The SMILES string of the molecule is Cc1cc(OCc2cccc(-c3cccc(/C=C/CCN4CC(C)OC(C)C4)c3C)c2C)c(Cl)cc1CN1CCCCC1. The van der Waals surface area contributed by atoms with Crippen molar-refractivity contribution in [2.75, 3.05) is 32.7 Å². The molecule has 230 valence electrons. The lowest BCUT2D eigenvalue weighted by Crippen LogP contribution is -2.45. The highest BCUT2D eigenvalue weighted by molar-refractivity contribution is 6.32. The van der Waals surface area contributed by atoms with E-state index < -0.39 is 0 Å². The maximum Gasteiger partial charge on any atom is 0.138 e. The number of likely N-dealkylation sites (tertiary alicyclic amines) is 1. The lowest BCUT2D eigenvalue weighted by atomic mass is 9.91. The van der Waals surface area contributed by atoms with Gasteiger partial charge in [-0.15, -0.1) is 0 Å². The van der Waals surface area contributed by atoms with Crippen LogP contribution in [0.1, 0.15) is 72.9 Å². The Hall–Kier alpha value is -2.63. The molecular formula is C38H49ClN2O2. The minimum absolute atomic E-state index is 0.312. The van der Waals surface area contributed by atoms with Gasteiger partial charge in [0.05, 0.1) is 17.2 Å². The summed E-state index contributed by atoms with van der Waals surface area (Å²) < 4.78 is 12.2. The molecule has 43 heavy (non-hydrogen) atoms. The van der Waals surface area contributed by atoms with Crippen LogP contribution in [0.3, 0.4) is 0 Å². The third kappa shape index (κ3) is 8.30. The van der Waals surface area contributed by atoms with Crippen molar-refractivity contribution in [3.8, 4) is 16.9 Å². The van der Waals surface area contributed by atoms with Crippen LogP contribution >= 0.6 is 11.6 Å². The van der Waals surface area contributed by atoms with Gasteiger partial charge in [-0.3, -0.25) is 9.80 Å². The molecule has 0 N–H and O–H groups in total. The molecule has 4 nitrogen and oxygen atoms in total. The number of aryl methyl sites for hydroxylation is 1. The molecule has 2 saturated heterocycles. The van der Waals surface area contributed by atoms with Crippen LogP contribution < -0.4 is 4.74 Å². The number of nitrogens with zero attached hydrogens (tertiary/aromatic N) is 2. The minimum atomic E-state index is 0.312. The monoisotopic (exact) mass is 600 g/mol. The number of halogens is 1. The predicted molar refractivity (Wildman–Crippen MR) is 181 cm³/mol. The molecule has 2 aliphatic rings. The highest BCUT2D eigenvalue weighted by atomic mass is 35.5. The van der Waals surface area contributed by atoms with Gasteiger partial charge in [0, 0.05) is 26.2 Å². The van der Waals surface area contributed by atoms with Crippen molar-refractivity contribution in [3.05, 3.63) is 93.0 Å². The zero-order chi connectivity index (χ0) is 30.3. The summed E-state index contributed by atoms with van der Waals surface area (Å²) >= 11 is 6.74. The summed E-state index contributed by atoms with van der Waals surface area (Å²) in [6.45, 7) is 17.8. The zero-order valence-electron chi connectivity index (χ0n) is 26.8. The van der Waals surface area contributed by atoms with Gasteiger partial charge in [0.25, 0.3) is 0 Å². The van der Waals surface area contributed by atoms with Crippen LogP contribution in [0.4, 0.5) is 0 Å². The number of ether oxygens (including phenoxy) is 2. The van der Waals surface area contributed by atoms with Crippen LogP contribution in [0, 0.1) is 20.8 Å². The standard InChI is InChI=1S/C38H49ClN2O2/c1-27-21-38(37(39)22-34(27)25-40-18-8-6-9-19-40)42-26-33-15-12-17-36(31(33)5)35-16-11-14-32(30(35)4)13-7-10-20-41-23-28(2)43-29(3)24-41/h7,11-17,21-22,28-29H,6,8-10,18-20,23-26H2,1-5H3/b13-7+. The lowest BCUT2D eigenvalue weighted by molar-refractivity contribution is -0.0673. The van der Waals surface area contributed by atoms with Gasteiger partial charge >= 0.3 is 0 Å². The summed E-state index contributed by atoms with van der Waals surface area (Å²) in [5, 5.41) is 0.694. The molecule has 0 spiro atoms. The third-order valence-corrected chi connectivity index (χ3v) is 9.43.